The molecule has 0 aliphatic carbocycles. The van der Waals surface area contributed by atoms with E-state index < -0.39 is 0 Å². The zero-order chi connectivity index (χ0) is 16.8. The van der Waals surface area contributed by atoms with E-state index in [0.29, 0.717) is 0 Å². The van der Waals surface area contributed by atoms with Gasteiger partial charge in [0.05, 0.1) is 14.2 Å². The first kappa shape index (κ1) is 16.6. The van der Waals surface area contributed by atoms with Crippen molar-refractivity contribution in [3.8, 4) is 11.5 Å². The Bertz CT molecular complexity index is 695. The molecule has 0 atom stereocenters. The summed E-state index contributed by atoms with van der Waals surface area (Å²) in [5.74, 6) is 1.40. The van der Waals surface area contributed by atoms with E-state index in [1.807, 2.05) is 32.1 Å². The third kappa shape index (κ3) is 4.36. The molecule has 120 valence electrons. The topological polar surface area (TPSA) is 47.6 Å². The molecule has 2 aromatic rings. The van der Waals surface area contributed by atoms with Crippen molar-refractivity contribution < 1.29 is 14.3 Å². The van der Waals surface area contributed by atoms with Crippen molar-refractivity contribution in [2.75, 3.05) is 19.5 Å². The number of anilines is 1. The highest BCUT2D eigenvalue weighted by Crippen LogP contribution is 2.23. The molecule has 4 nitrogen and oxygen atoms in total. The standard InChI is InChI=1S/C19H21NO3/c1-13-11-17(23-4)12-14(2)18(13)9-10-19(21)20-15-5-7-16(22-3)8-6-15/h5-12H,1-4H3,(H,20,21)/b10-9+. The summed E-state index contributed by atoms with van der Waals surface area (Å²) < 4.78 is 10.3. The number of methoxy groups -OCH3 is 2. The molecule has 0 unspecified atom stereocenters. The molecule has 0 radical (unpaired) electrons. The number of amides is 1. The summed E-state index contributed by atoms with van der Waals surface area (Å²) in [5, 5.41) is 2.82. The van der Waals surface area contributed by atoms with Gasteiger partial charge < -0.3 is 14.8 Å². The Morgan fingerprint density at radius 3 is 2.04 bits per heavy atom. The zero-order valence-electron chi connectivity index (χ0n) is 13.8. The van der Waals surface area contributed by atoms with Crippen molar-refractivity contribution in [1.82, 2.24) is 0 Å². The third-order valence-electron chi connectivity index (χ3n) is 3.56. The number of hydrogen-bond donors (Lipinski definition) is 1. The Labute approximate surface area is 136 Å². The SMILES string of the molecule is COc1ccc(NC(=O)/C=C/c2c(C)cc(OC)cc2C)cc1. The lowest BCUT2D eigenvalue weighted by atomic mass is 10.0. The van der Waals surface area contributed by atoms with Gasteiger partial charge in [-0.2, -0.15) is 0 Å². The molecule has 2 aromatic carbocycles. The van der Waals surface area contributed by atoms with Crippen molar-refractivity contribution in [2.24, 2.45) is 0 Å². The molecule has 0 heterocycles. The first-order chi connectivity index (χ1) is 11.0. The summed E-state index contributed by atoms with van der Waals surface area (Å²) in [6.45, 7) is 3.99. The van der Waals surface area contributed by atoms with Gasteiger partial charge in [-0.3, -0.25) is 4.79 Å². The smallest absolute Gasteiger partial charge is 0.248 e. The van der Waals surface area contributed by atoms with Crippen molar-refractivity contribution in [2.45, 2.75) is 13.8 Å². The van der Waals surface area contributed by atoms with Crippen LogP contribution < -0.4 is 14.8 Å². The minimum atomic E-state index is -0.176. The number of rotatable bonds is 5. The zero-order valence-corrected chi connectivity index (χ0v) is 13.8. The van der Waals surface area contributed by atoms with Crippen LogP contribution in [0, 0.1) is 13.8 Å². The van der Waals surface area contributed by atoms with E-state index in [2.05, 4.69) is 5.32 Å². The Balaban J connectivity index is 2.08. The summed E-state index contributed by atoms with van der Waals surface area (Å²) in [4.78, 5) is 12.0. The molecule has 0 aliphatic rings. The average Bonchev–Trinajstić information content (AvgIpc) is 2.54. The lowest BCUT2D eigenvalue weighted by molar-refractivity contribution is -0.111. The van der Waals surface area contributed by atoms with Crippen molar-refractivity contribution >= 4 is 17.7 Å². The largest absolute Gasteiger partial charge is 0.497 e. The highest BCUT2D eigenvalue weighted by molar-refractivity contribution is 6.02. The van der Waals surface area contributed by atoms with Gasteiger partial charge >= 0.3 is 0 Å². The third-order valence-corrected chi connectivity index (χ3v) is 3.56. The number of carbonyl (C=O) groups is 1. The van der Waals surface area contributed by atoms with Crippen LogP contribution in [0.1, 0.15) is 16.7 Å². The summed E-state index contributed by atoms with van der Waals surface area (Å²) in [7, 11) is 3.25. The average molecular weight is 311 g/mol. The van der Waals surface area contributed by atoms with Crippen LogP contribution in [0.5, 0.6) is 11.5 Å². The fraction of sp³-hybridized carbons (Fsp3) is 0.211. The molecule has 0 spiro atoms. The highest BCUT2D eigenvalue weighted by atomic mass is 16.5. The van der Waals surface area contributed by atoms with Crippen LogP contribution in [0.3, 0.4) is 0 Å². The van der Waals surface area contributed by atoms with Crippen LogP contribution in [0.15, 0.2) is 42.5 Å². The Hall–Kier alpha value is -2.75. The number of nitrogens with one attached hydrogen (secondary N) is 1. The molecule has 0 fully saturated rings. The Kier molecular flexibility index (Phi) is 5.41. The quantitative estimate of drug-likeness (QED) is 0.850. The molecule has 0 saturated carbocycles. The molecule has 1 amide bonds. The Morgan fingerprint density at radius 1 is 0.957 bits per heavy atom. The number of carbonyl (C=O) groups excluding carboxylic acids is 1. The maximum Gasteiger partial charge on any atom is 0.248 e. The predicted octanol–water partition coefficient (Wildman–Crippen LogP) is 3.97. The first-order valence-electron chi connectivity index (χ1n) is 7.32. The van der Waals surface area contributed by atoms with Crippen LogP contribution in [0.4, 0.5) is 5.69 Å². The monoisotopic (exact) mass is 311 g/mol. The molecule has 0 aliphatic heterocycles. The molecular formula is C19H21NO3. The second-order valence-corrected chi connectivity index (χ2v) is 5.23. The van der Waals surface area contributed by atoms with Crippen LogP contribution in [-0.2, 0) is 4.79 Å². The van der Waals surface area contributed by atoms with E-state index in [4.69, 9.17) is 9.47 Å². The summed E-state index contributed by atoms with van der Waals surface area (Å²) in [5.41, 5.74) is 3.88. The van der Waals surface area contributed by atoms with E-state index >= 15 is 0 Å². The van der Waals surface area contributed by atoms with Crippen LogP contribution in [0.2, 0.25) is 0 Å². The molecule has 2 rings (SSSR count). The van der Waals surface area contributed by atoms with E-state index in [1.54, 1.807) is 38.5 Å². The fourth-order valence-electron chi connectivity index (χ4n) is 2.33. The molecular weight excluding hydrogens is 290 g/mol. The predicted molar refractivity (Wildman–Crippen MR) is 93.1 cm³/mol. The molecule has 0 saturated heterocycles. The highest BCUT2D eigenvalue weighted by Gasteiger charge is 2.04. The molecule has 0 aromatic heterocycles. The maximum absolute atomic E-state index is 12.0. The number of ether oxygens (including phenoxy) is 2. The van der Waals surface area contributed by atoms with Crippen LogP contribution in [0.25, 0.3) is 6.08 Å². The maximum atomic E-state index is 12.0. The van der Waals surface area contributed by atoms with E-state index in [9.17, 15) is 4.79 Å². The number of benzene rings is 2. The second-order valence-electron chi connectivity index (χ2n) is 5.23. The van der Waals surface area contributed by atoms with Gasteiger partial charge in [0.25, 0.3) is 0 Å². The van der Waals surface area contributed by atoms with Gasteiger partial charge in [-0.15, -0.1) is 0 Å². The molecule has 23 heavy (non-hydrogen) atoms. The number of aryl methyl sites for hydroxylation is 2. The van der Waals surface area contributed by atoms with E-state index in [1.165, 1.54) is 6.08 Å². The van der Waals surface area contributed by atoms with Crippen molar-refractivity contribution in [3.63, 3.8) is 0 Å². The molecule has 4 heteroatoms. The Morgan fingerprint density at radius 2 is 1.52 bits per heavy atom. The second kappa shape index (κ2) is 7.49. The van der Waals surface area contributed by atoms with Crippen LogP contribution >= 0.6 is 0 Å². The van der Waals surface area contributed by atoms with Gasteiger partial charge in [-0.1, -0.05) is 0 Å². The fourth-order valence-corrected chi connectivity index (χ4v) is 2.33. The van der Waals surface area contributed by atoms with E-state index in [-0.39, 0.29) is 5.91 Å². The van der Waals surface area contributed by atoms with Crippen LogP contribution in [-0.4, -0.2) is 20.1 Å². The van der Waals surface area contributed by atoms with Gasteiger partial charge in [0, 0.05) is 11.8 Å². The van der Waals surface area contributed by atoms with Gasteiger partial charge in [0.1, 0.15) is 11.5 Å². The lowest BCUT2D eigenvalue weighted by Crippen LogP contribution is -2.07. The first-order valence-corrected chi connectivity index (χ1v) is 7.32. The van der Waals surface area contributed by atoms with E-state index in [0.717, 1.165) is 33.9 Å². The van der Waals surface area contributed by atoms with Gasteiger partial charge in [0.2, 0.25) is 5.91 Å². The lowest BCUT2D eigenvalue weighted by Gasteiger charge is -2.09. The summed E-state index contributed by atoms with van der Waals surface area (Å²) in [6.07, 6.45) is 3.36. The van der Waals surface area contributed by atoms with Crippen molar-refractivity contribution in [1.29, 1.82) is 0 Å². The normalized spacial score (nSPS) is 10.6. The molecule has 1 N–H and O–H groups in total. The minimum absolute atomic E-state index is 0.176. The minimum Gasteiger partial charge on any atom is -0.497 e. The molecule has 0 bridgehead atoms. The van der Waals surface area contributed by atoms with Crippen molar-refractivity contribution in [3.05, 3.63) is 59.2 Å². The van der Waals surface area contributed by atoms with Gasteiger partial charge in [-0.05, 0) is 73.0 Å². The summed E-state index contributed by atoms with van der Waals surface area (Å²) >= 11 is 0. The summed E-state index contributed by atoms with van der Waals surface area (Å²) in [6, 6.07) is 11.1. The van der Waals surface area contributed by atoms with Gasteiger partial charge in [0.15, 0.2) is 0 Å². The van der Waals surface area contributed by atoms with Gasteiger partial charge in [-0.25, -0.2) is 0 Å². The number of hydrogen-bond acceptors (Lipinski definition) is 3.